The van der Waals surface area contributed by atoms with Crippen LogP contribution in [0.4, 0.5) is 0 Å². The number of aromatic nitrogens is 1. The molecule has 2 rings (SSSR count). The number of carboxylic acid groups (broad SMARTS) is 1. The Balaban J connectivity index is 1.88. The van der Waals surface area contributed by atoms with Crippen molar-refractivity contribution in [1.82, 2.24) is 4.98 Å². The molecule has 4 nitrogen and oxygen atoms in total. The van der Waals surface area contributed by atoms with Crippen LogP contribution < -0.4 is 4.74 Å². The van der Waals surface area contributed by atoms with Gasteiger partial charge in [0.2, 0.25) is 5.01 Å². The zero-order valence-corrected chi connectivity index (χ0v) is 12.2. The maximum absolute atomic E-state index is 10.7. The minimum atomic E-state index is -0.999. The number of unbranched alkanes of at least 4 members (excludes halogenated alkanes) is 1. The zero-order valence-electron chi connectivity index (χ0n) is 11.3. The first-order chi connectivity index (χ1) is 9.69. The van der Waals surface area contributed by atoms with E-state index in [-0.39, 0.29) is 11.6 Å². The Kier molecular flexibility index (Phi) is 5.12. The molecule has 0 amide bonds. The van der Waals surface area contributed by atoms with Gasteiger partial charge in [-0.15, -0.1) is 11.3 Å². The van der Waals surface area contributed by atoms with Gasteiger partial charge in [-0.25, -0.2) is 9.78 Å². The van der Waals surface area contributed by atoms with Crippen LogP contribution >= 0.6 is 11.3 Å². The summed E-state index contributed by atoms with van der Waals surface area (Å²) < 4.78 is 5.60. The largest absolute Gasteiger partial charge is 0.487 e. The first-order valence-electron chi connectivity index (χ1n) is 6.58. The van der Waals surface area contributed by atoms with Crippen LogP contribution in [0, 0.1) is 0 Å². The molecule has 0 radical (unpaired) electrons. The molecule has 1 aromatic heterocycles. The molecule has 20 heavy (non-hydrogen) atoms. The lowest BCUT2D eigenvalue weighted by Crippen LogP contribution is -1.99. The molecule has 1 aromatic carbocycles. The van der Waals surface area contributed by atoms with Crippen LogP contribution in [0.3, 0.4) is 0 Å². The molecule has 1 N–H and O–H groups in total. The van der Waals surface area contributed by atoms with Gasteiger partial charge in [0.25, 0.3) is 0 Å². The molecule has 106 valence electrons. The van der Waals surface area contributed by atoms with Crippen molar-refractivity contribution in [3.63, 3.8) is 0 Å². The van der Waals surface area contributed by atoms with Gasteiger partial charge >= 0.3 is 5.97 Å². The van der Waals surface area contributed by atoms with Crippen molar-refractivity contribution in [2.45, 2.75) is 32.8 Å². The smallest absolute Gasteiger partial charge is 0.365 e. The molecule has 0 saturated heterocycles. The number of nitrogens with zero attached hydrogens (tertiary/aromatic N) is 1. The van der Waals surface area contributed by atoms with Crippen LogP contribution in [-0.2, 0) is 13.0 Å². The average molecular weight is 291 g/mol. The molecule has 0 aliphatic heterocycles. The molecular formula is C15H17NO3S. The summed E-state index contributed by atoms with van der Waals surface area (Å²) in [5.41, 5.74) is 1.95. The molecule has 0 aliphatic rings. The van der Waals surface area contributed by atoms with E-state index in [1.165, 1.54) is 18.4 Å². The Hall–Kier alpha value is -1.88. The molecule has 1 heterocycles. The highest BCUT2D eigenvalue weighted by Crippen LogP contribution is 2.16. The van der Waals surface area contributed by atoms with E-state index in [0.29, 0.717) is 5.69 Å². The van der Waals surface area contributed by atoms with E-state index in [0.717, 1.165) is 23.5 Å². The fraction of sp³-hybridized carbons (Fsp3) is 0.333. The quantitative estimate of drug-likeness (QED) is 0.843. The summed E-state index contributed by atoms with van der Waals surface area (Å²) in [5, 5.41) is 10.6. The van der Waals surface area contributed by atoms with Crippen molar-refractivity contribution >= 4 is 17.3 Å². The molecule has 0 fully saturated rings. The highest BCUT2D eigenvalue weighted by atomic mass is 32.1. The summed E-state index contributed by atoms with van der Waals surface area (Å²) in [7, 11) is 0. The Morgan fingerprint density at radius 2 is 2.10 bits per heavy atom. The van der Waals surface area contributed by atoms with E-state index < -0.39 is 5.97 Å². The SMILES string of the molecule is CCCCc1ccc(OCc2csc(C(=O)O)n2)cc1. The number of rotatable bonds is 7. The Labute approximate surface area is 122 Å². The first kappa shape index (κ1) is 14.5. The van der Waals surface area contributed by atoms with Crippen molar-refractivity contribution in [2.75, 3.05) is 0 Å². The van der Waals surface area contributed by atoms with Crippen molar-refractivity contribution in [1.29, 1.82) is 0 Å². The second kappa shape index (κ2) is 7.05. The molecule has 0 atom stereocenters. The number of benzene rings is 1. The lowest BCUT2D eigenvalue weighted by atomic mass is 10.1. The summed E-state index contributed by atoms with van der Waals surface area (Å²) in [4.78, 5) is 14.7. The minimum absolute atomic E-state index is 0.0958. The Morgan fingerprint density at radius 1 is 1.35 bits per heavy atom. The van der Waals surface area contributed by atoms with E-state index in [1.54, 1.807) is 5.38 Å². The second-order valence-electron chi connectivity index (χ2n) is 4.49. The van der Waals surface area contributed by atoms with Crippen LogP contribution in [-0.4, -0.2) is 16.1 Å². The maximum atomic E-state index is 10.7. The van der Waals surface area contributed by atoms with Crippen LogP contribution in [0.1, 0.15) is 40.8 Å². The summed E-state index contributed by atoms with van der Waals surface area (Å²) in [6.07, 6.45) is 3.47. The van der Waals surface area contributed by atoms with Gasteiger partial charge in [0.1, 0.15) is 12.4 Å². The number of carboxylic acids is 1. The number of aromatic carboxylic acids is 1. The molecular weight excluding hydrogens is 274 g/mol. The van der Waals surface area contributed by atoms with Crippen molar-refractivity contribution < 1.29 is 14.6 Å². The first-order valence-corrected chi connectivity index (χ1v) is 7.46. The van der Waals surface area contributed by atoms with E-state index in [4.69, 9.17) is 9.84 Å². The normalized spacial score (nSPS) is 10.4. The third kappa shape index (κ3) is 4.06. The van der Waals surface area contributed by atoms with Crippen molar-refractivity contribution in [3.8, 4) is 5.75 Å². The fourth-order valence-corrected chi connectivity index (χ4v) is 2.40. The standard InChI is InChI=1S/C15H17NO3S/c1-2-3-4-11-5-7-13(8-6-11)19-9-12-10-20-14(16-12)15(17)18/h5-8,10H,2-4,9H2,1H3,(H,17,18). The Bertz CT molecular complexity index is 563. The third-order valence-corrected chi connectivity index (χ3v) is 3.74. The van der Waals surface area contributed by atoms with E-state index in [2.05, 4.69) is 24.0 Å². The van der Waals surface area contributed by atoms with Crippen molar-refractivity contribution in [2.24, 2.45) is 0 Å². The highest BCUT2D eigenvalue weighted by molar-refractivity contribution is 7.11. The predicted molar refractivity (Wildman–Crippen MR) is 78.5 cm³/mol. The molecule has 2 aromatic rings. The summed E-state index contributed by atoms with van der Waals surface area (Å²) >= 11 is 1.11. The molecule has 0 unspecified atom stereocenters. The third-order valence-electron chi connectivity index (χ3n) is 2.86. The molecule has 5 heteroatoms. The second-order valence-corrected chi connectivity index (χ2v) is 5.34. The van der Waals surface area contributed by atoms with Gasteiger partial charge in [-0.05, 0) is 30.5 Å². The lowest BCUT2D eigenvalue weighted by Gasteiger charge is -2.05. The van der Waals surface area contributed by atoms with Gasteiger partial charge in [0, 0.05) is 5.38 Å². The lowest BCUT2D eigenvalue weighted by molar-refractivity contribution is 0.0696. The average Bonchev–Trinajstić information content (AvgIpc) is 2.93. The summed E-state index contributed by atoms with van der Waals surface area (Å²) in [6.45, 7) is 2.47. The Morgan fingerprint density at radius 3 is 2.70 bits per heavy atom. The van der Waals surface area contributed by atoms with Gasteiger partial charge < -0.3 is 9.84 Å². The van der Waals surface area contributed by atoms with Crippen molar-refractivity contribution in [3.05, 3.63) is 45.9 Å². The van der Waals surface area contributed by atoms with Gasteiger partial charge in [0.05, 0.1) is 5.69 Å². The topological polar surface area (TPSA) is 59.4 Å². The van der Waals surface area contributed by atoms with Gasteiger partial charge in [-0.1, -0.05) is 25.5 Å². The molecule has 0 saturated carbocycles. The van der Waals surface area contributed by atoms with E-state index in [1.807, 2.05) is 12.1 Å². The zero-order chi connectivity index (χ0) is 14.4. The van der Waals surface area contributed by atoms with Gasteiger partial charge in [-0.3, -0.25) is 0 Å². The van der Waals surface area contributed by atoms with E-state index in [9.17, 15) is 4.79 Å². The van der Waals surface area contributed by atoms with Crippen LogP contribution in [0.5, 0.6) is 5.75 Å². The van der Waals surface area contributed by atoms with Crippen LogP contribution in [0.25, 0.3) is 0 Å². The monoisotopic (exact) mass is 291 g/mol. The number of ether oxygens (including phenoxy) is 1. The van der Waals surface area contributed by atoms with Gasteiger partial charge in [0.15, 0.2) is 0 Å². The van der Waals surface area contributed by atoms with E-state index >= 15 is 0 Å². The van der Waals surface area contributed by atoms with Crippen LogP contribution in [0.15, 0.2) is 29.6 Å². The van der Waals surface area contributed by atoms with Crippen LogP contribution in [0.2, 0.25) is 0 Å². The maximum Gasteiger partial charge on any atom is 0.365 e. The minimum Gasteiger partial charge on any atom is -0.487 e. The molecule has 0 bridgehead atoms. The molecule has 0 aliphatic carbocycles. The summed E-state index contributed by atoms with van der Waals surface area (Å²) in [5.74, 6) is -0.225. The predicted octanol–water partition coefficient (Wildman–Crippen LogP) is 3.76. The van der Waals surface area contributed by atoms with Gasteiger partial charge in [-0.2, -0.15) is 0 Å². The number of hydrogen-bond acceptors (Lipinski definition) is 4. The summed E-state index contributed by atoms with van der Waals surface area (Å²) in [6, 6.07) is 8.01. The number of aryl methyl sites for hydroxylation is 1. The number of hydrogen-bond donors (Lipinski definition) is 1. The molecule has 0 spiro atoms. The highest BCUT2D eigenvalue weighted by Gasteiger charge is 2.09. The number of carbonyl (C=O) groups is 1. The number of thiazole rings is 1. The fourth-order valence-electron chi connectivity index (χ4n) is 1.76.